The van der Waals surface area contributed by atoms with E-state index in [1.54, 1.807) is 18.1 Å². The molecule has 21 heavy (non-hydrogen) atoms. The van der Waals surface area contributed by atoms with E-state index in [2.05, 4.69) is 10.6 Å². The maximum atomic E-state index is 11.9. The molecule has 6 heteroatoms. The lowest BCUT2D eigenvalue weighted by molar-refractivity contribution is -0.119. The van der Waals surface area contributed by atoms with Gasteiger partial charge >= 0.3 is 6.03 Å². The van der Waals surface area contributed by atoms with E-state index in [1.807, 2.05) is 18.2 Å². The fraction of sp³-hybridized carbons (Fsp3) is 0.467. The number of nitrogens with zero attached hydrogens (tertiary/aromatic N) is 1. The number of methoxy groups -OCH3 is 1. The largest absolute Gasteiger partial charge is 0.383 e. The van der Waals surface area contributed by atoms with Crippen molar-refractivity contribution in [3.63, 3.8) is 0 Å². The first-order chi connectivity index (χ1) is 10.2. The molecule has 1 saturated heterocycles. The summed E-state index contributed by atoms with van der Waals surface area (Å²) in [6, 6.07) is 7.06. The molecule has 0 atom stereocenters. The molecule has 6 nitrogen and oxygen atoms in total. The van der Waals surface area contributed by atoms with Gasteiger partial charge in [-0.3, -0.25) is 4.79 Å². The topological polar surface area (TPSA) is 70.7 Å². The van der Waals surface area contributed by atoms with Crippen molar-refractivity contribution in [1.82, 2.24) is 5.32 Å². The molecule has 1 fully saturated rings. The first kappa shape index (κ1) is 15.3. The Morgan fingerprint density at radius 1 is 1.38 bits per heavy atom. The van der Waals surface area contributed by atoms with Gasteiger partial charge in [-0.2, -0.15) is 0 Å². The Bertz CT molecular complexity index is 505. The molecular formula is C15H21N3O3. The summed E-state index contributed by atoms with van der Waals surface area (Å²) in [6.45, 7) is 1.66. The Hall–Kier alpha value is -2.08. The summed E-state index contributed by atoms with van der Waals surface area (Å²) in [6.07, 6.45) is 2.56. The van der Waals surface area contributed by atoms with Crippen LogP contribution in [-0.4, -0.2) is 38.7 Å². The van der Waals surface area contributed by atoms with E-state index < -0.39 is 0 Å². The number of ether oxygens (including phenoxy) is 1. The SMILES string of the molecule is COCCNC(=O)Nc1cccc(N2CCCCC2=O)c1. The monoisotopic (exact) mass is 291 g/mol. The van der Waals surface area contributed by atoms with Crippen molar-refractivity contribution >= 4 is 23.3 Å². The van der Waals surface area contributed by atoms with Crippen LogP contribution in [0.1, 0.15) is 19.3 Å². The Morgan fingerprint density at radius 3 is 3.00 bits per heavy atom. The average molecular weight is 291 g/mol. The molecule has 0 radical (unpaired) electrons. The fourth-order valence-corrected chi connectivity index (χ4v) is 2.27. The molecule has 2 N–H and O–H groups in total. The standard InChI is InChI=1S/C15H21N3O3/c1-21-10-8-16-15(20)17-12-5-4-6-13(11-12)18-9-3-2-7-14(18)19/h4-6,11H,2-3,7-10H2,1H3,(H2,16,17,20). The molecule has 1 aliphatic heterocycles. The molecule has 1 aromatic rings. The number of urea groups is 1. The van der Waals surface area contributed by atoms with Crippen molar-refractivity contribution in [3.8, 4) is 0 Å². The van der Waals surface area contributed by atoms with Crippen molar-refractivity contribution in [2.75, 3.05) is 37.0 Å². The number of carbonyl (C=O) groups is 2. The number of piperidine rings is 1. The fourth-order valence-electron chi connectivity index (χ4n) is 2.27. The Labute approximate surface area is 124 Å². The zero-order chi connectivity index (χ0) is 15.1. The van der Waals surface area contributed by atoms with Crippen molar-refractivity contribution in [2.24, 2.45) is 0 Å². The van der Waals surface area contributed by atoms with E-state index in [-0.39, 0.29) is 11.9 Å². The van der Waals surface area contributed by atoms with E-state index in [0.29, 0.717) is 25.3 Å². The van der Waals surface area contributed by atoms with Crippen molar-refractivity contribution < 1.29 is 14.3 Å². The van der Waals surface area contributed by atoms with Crippen LogP contribution in [-0.2, 0) is 9.53 Å². The van der Waals surface area contributed by atoms with Crippen LogP contribution in [0.5, 0.6) is 0 Å². The smallest absolute Gasteiger partial charge is 0.319 e. The lowest BCUT2D eigenvalue weighted by Gasteiger charge is -2.27. The molecule has 0 saturated carbocycles. The number of hydrogen-bond donors (Lipinski definition) is 2. The first-order valence-corrected chi connectivity index (χ1v) is 7.15. The molecule has 0 spiro atoms. The second-order valence-corrected chi connectivity index (χ2v) is 4.93. The van der Waals surface area contributed by atoms with Gasteiger partial charge in [-0.1, -0.05) is 6.07 Å². The lowest BCUT2D eigenvalue weighted by atomic mass is 10.1. The number of rotatable bonds is 5. The van der Waals surface area contributed by atoms with Crippen LogP contribution in [0, 0.1) is 0 Å². The molecule has 2 rings (SSSR count). The van der Waals surface area contributed by atoms with Crippen LogP contribution in [0.25, 0.3) is 0 Å². The molecule has 1 aliphatic rings. The van der Waals surface area contributed by atoms with Crippen LogP contribution >= 0.6 is 0 Å². The van der Waals surface area contributed by atoms with E-state index in [4.69, 9.17) is 4.74 Å². The number of nitrogens with one attached hydrogen (secondary N) is 2. The van der Waals surface area contributed by atoms with Crippen molar-refractivity contribution in [1.29, 1.82) is 0 Å². The third-order valence-electron chi connectivity index (χ3n) is 3.33. The summed E-state index contributed by atoms with van der Waals surface area (Å²) in [4.78, 5) is 25.4. The highest BCUT2D eigenvalue weighted by atomic mass is 16.5. The van der Waals surface area contributed by atoms with Crippen molar-refractivity contribution in [2.45, 2.75) is 19.3 Å². The molecule has 114 valence electrons. The summed E-state index contributed by atoms with van der Waals surface area (Å²) in [5.41, 5.74) is 1.50. The summed E-state index contributed by atoms with van der Waals surface area (Å²) in [5.74, 6) is 0.142. The Kier molecular flexibility index (Phi) is 5.57. The van der Waals surface area contributed by atoms with Gasteiger partial charge in [0.1, 0.15) is 0 Å². The van der Waals surface area contributed by atoms with Gasteiger partial charge in [-0.15, -0.1) is 0 Å². The van der Waals surface area contributed by atoms with Gasteiger partial charge in [0.05, 0.1) is 6.61 Å². The van der Waals surface area contributed by atoms with Gasteiger partial charge in [0.25, 0.3) is 0 Å². The molecule has 3 amide bonds. The minimum Gasteiger partial charge on any atom is -0.383 e. The molecule has 1 heterocycles. The van der Waals surface area contributed by atoms with Crippen LogP contribution in [0.2, 0.25) is 0 Å². The number of benzene rings is 1. The third kappa shape index (κ3) is 4.46. The molecule has 0 aromatic heterocycles. The highest BCUT2D eigenvalue weighted by molar-refractivity contribution is 5.95. The summed E-state index contributed by atoms with van der Waals surface area (Å²) < 4.78 is 4.87. The highest BCUT2D eigenvalue weighted by Gasteiger charge is 2.19. The van der Waals surface area contributed by atoms with E-state index in [9.17, 15) is 9.59 Å². The van der Waals surface area contributed by atoms with Gasteiger partial charge in [0, 0.05) is 38.0 Å². The molecule has 0 unspecified atom stereocenters. The molecule has 0 aliphatic carbocycles. The predicted molar refractivity (Wildman–Crippen MR) is 81.5 cm³/mol. The zero-order valence-corrected chi connectivity index (χ0v) is 12.2. The maximum Gasteiger partial charge on any atom is 0.319 e. The number of carbonyl (C=O) groups excluding carboxylic acids is 2. The van der Waals surface area contributed by atoms with E-state index in [0.717, 1.165) is 25.1 Å². The number of anilines is 2. The minimum absolute atomic E-state index is 0.142. The molecule has 0 bridgehead atoms. The van der Waals surface area contributed by atoms with Gasteiger partial charge in [-0.25, -0.2) is 4.79 Å². The number of amides is 3. The quantitative estimate of drug-likeness (QED) is 0.815. The zero-order valence-electron chi connectivity index (χ0n) is 12.2. The van der Waals surface area contributed by atoms with E-state index in [1.165, 1.54) is 0 Å². The second-order valence-electron chi connectivity index (χ2n) is 4.93. The minimum atomic E-state index is -0.283. The molecular weight excluding hydrogens is 270 g/mol. The average Bonchev–Trinajstić information content (AvgIpc) is 2.48. The maximum absolute atomic E-state index is 11.9. The van der Waals surface area contributed by atoms with Crippen LogP contribution in [0.4, 0.5) is 16.2 Å². The summed E-state index contributed by atoms with van der Waals surface area (Å²) in [7, 11) is 1.58. The van der Waals surface area contributed by atoms with Crippen LogP contribution in [0.15, 0.2) is 24.3 Å². The van der Waals surface area contributed by atoms with Crippen LogP contribution in [0.3, 0.4) is 0 Å². The third-order valence-corrected chi connectivity index (χ3v) is 3.33. The number of hydrogen-bond acceptors (Lipinski definition) is 3. The van der Waals surface area contributed by atoms with Crippen LogP contribution < -0.4 is 15.5 Å². The normalized spacial score (nSPS) is 14.9. The van der Waals surface area contributed by atoms with Gasteiger partial charge in [0.2, 0.25) is 5.91 Å². The Morgan fingerprint density at radius 2 is 2.24 bits per heavy atom. The van der Waals surface area contributed by atoms with Gasteiger partial charge < -0.3 is 20.3 Å². The highest BCUT2D eigenvalue weighted by Crippen LogP contribution is 2.23. The van der Waals surface area contributed by atoms with Gasteiger partial charge in [-0.05, 0) is 31.0 Å². The summed E-state index contributed by atoms with van der Waals surface area (Å²) >= 11 is 0. The Balaban J connectivity index is 1.97. The molecule has 1 aromatic carbocycles. The lowest BCUT2D eigenvalue weighted by Crippen LogP contribution is -2.35. The van der Waals surface area contributed by atoms with E-state index >= 15 is 0 Å². The second kappa shape index (κ2) is 7.64. The predicted octanol–water partition coefficient (Wildman–Crippen LogP) is 1.97. The first-order valence-electron chi connectivity index (χ1n) is 7.15. The van der Waals surface area contributed by atoms with Crippen molar-refractivity contribution in [3.05, 3.63) is 24.3 Å². The van der Waals surface area contributed by atoms with Gasteiger partial charge in [0.15, 0.2) is 0 Å². The summed E-state index contributed by atoms with van der Waals surface area (Å²) in [5, 5.41) is 5.44.